The van der Waals surface area contributed by atoms with Crippen LogP contribution in [0.3, 0.4) is 0 Å². The predicted molar refractivity (Wildman–Crippen MR) is 104 cm³/mol. The molecule has 0 rings (SSSR count). The summed E-state index contributed by atoms with van der Waals surface area (Å²) in [5, 5.41) is 0. The van der Waals surface area contributed by atoms with Crippen LogP contribution < -0.4 is 0 Å². The van der Waals surface area contributed by atoms with E-state index in [-0.39, 0.29) is 0 Å². The lowest BCUT2D eigenvalue weighted by atomic mass is 10.0. The Labute approximate surface area is 142 Å². The van der Waals surface area contributed by atoms with Crippen LogP contribution in [0.5, 0.6) is 0 Å². The van der Waals surface area contributed by atoms with Crippen molar-refractivity contribution >= 4 is 0 Å². The molecule has 0 amide bonds. The summed E-state index contributed by atoms with van der Waals surface area (Å²) >= 11 is 0. The largest absolute Gasteiger partial charge is 0.0885 e. The Hall–Kier alpha value is -0.260. The van der Waals surface area contributed by atoms with Crippen LogP contribution in [0.25, 0.3) is 0 Å². The first-order valence-electron chi connectivity index (χ1n) is 10.4. The van der Waals surface area contributed by atoms with Gasteiger partial charge in [0.15, 0.2) is 0 Å². The van der Waals surface area contributed by atoms with Crippen LogP contribution in [0.15, 0.2) is 12.2 Å². The molecule has 0 fully saturated rings. The molecule has 0 bridgehead atoms. The lowest BCUT2D eigenvalue weighted by molar-refractivity contribution is 0.521. The fourth-order valence-electron chi connectivity index (χ4n) is 2.98. The van der Waals surface area contributed by atoms with Gasteiger partial charge >= 0.3 is 0 Å². The number of hydrogen-bond donors (Lipinski definition) is 0. The van der Waals surface area contributed by atoms with E-state index in [2.05, 4.69) is 32.9 Å². The molecule has 0 aliphatic carbocycles. The van der Waals surface area contributed by atoms with Crippen LogP contribution in [-0.4, -0.2) is 0 Å². The minimum atomic E-state index is 0.885. The number of rotatable bonds is 17. The Bertz CT molecular complexity index is 214. The molecule has 0 aromatic heterocycles. The molecule has 0 nitrogen and oxygen atoms in total. The molecular formula is C22H44. The van der Waals surface area contributed by atoms with E-state index in [1.165, 1.54) is 103 Å². The van der Waals surface area contributed by atoms with Gasteiger partial charge in [-0.2, -0.15) is 0 Å². The Kier molecular flexibility index (Phi) is 18.6. The van der Waals surface area contributed by atoms with Gasteiger partial charge in [0.05, 0.1) is 0 Å². The van der Waals surface area contributed by atoms with Gasteiger partial charge < -0.3 is 0 Å². The lowest BCUT2D eigenvalue weighted by Crippen LogP contribution is -1.86. The molecule has 0 saturated heterocycles. The highest BCUT2D eigenvalue weighted by molar-refractivity contribution is 4.81. The second-order valence-electron chi connectivity index (χ2n) is 7.47. The van der Waals surface area contributed by atoms with Crippen LogP contribution in [0.4, 0.5) is 0 Å². The highest BCUT2D eigenvalue weighted by Crippen LogP contribution is 2.12. The first-order chi connectivity index (χ1) is 10.8. The van der Waals surface area contributed by atoms with E-state index in [9.17, 15) is 0 Å². The van der Waals surface area contributed by atoms with Crippen molar-refractivity contribution in [2.24, 2.45) is 5.92 Å². The van der Waals surface area contributed by atoms with Crippen molar-refractivity contribution in [2.75, 3.05) is 0 Å². The number of hydrogen-bond acceptors (Lipinski definition) is 0. The Morgan fingerprint density at radius 3 is 1.41 bits per heavy atom. The quantitative estimate of drug-likeness (QED) is 0.187. The second-order valence-corrected chi connectivity index (χ2v) is 7.47. The smallest absolute Gasteiger partial charge is 0.0351 e. The molecule has 132 valence electrons. The third-order valence-corrected chi connectivity index (χ3v) is 4.54. The molecular weight excluding hydrogens is 264 g/mol. The van der Waals surface area contributed by atoms with Gasteiger partial charge in [-0.15, -0.1) is 0 Å². The van der Waals surface area contributed by atoms with Gasteiger partial charge in [-0.05, 0) is 31.6 Å². The summed E-state index contributed by atoms with van der Waals surface area (Å²) < 4.78 is 0. The van der Waals surface area contributed by atoms with E-state index in [0.29, 0.717) is 0 Å². The Morgan fingerprint density at radius 1 is 0.545 bits per heavy atom. The standard InChI is InChI=1S/C22H44/c1-4-5-6-7-8-9-10-11-12-13-14-15-16-17-18-19-20-21-22(2)3/h14-15,22H,4-13,16-21H2,1-3H3. The fraction of sp³-hybridized carbons (Fsp3) is 0.909. The molecule has 0 spiro atoms. The molecule has 0 aromatic rings. The molecule has 0 heterocycles. The van der Waals surface area contributed by atoms with Gasteiger partial charge in [0.25, 0.3) is 0 Å². The summed E-state index contributed by atoms with van der Waals surface area (Å²) in [5.74, 6) is 0.885. The van der Waals surface area contributed by atoms with Crippen molar-refractivity contribution in [2.45, 2.75) is 124 Å². The molecule has 0 N–H and O–H groups in total. The summed E-state index contributed by atoms with van der Waals surface area (Å²) in [7, 11) is 0. The molecule has 0 unspecified atom stereocenters. The zero-order chi connectivity index (χ0) is 16.3. The average molecular weight is 309 g/mol. The third-order valence-electron chi connectivity index (χ3n) is 4.54. The Balaban J connectivity index is 3.05. The second kappa shape index (κ2) is 18.8. The minimum Gasteiger partial charge on any atom is -0.0885 e. The van der Waals surface area contributed by atoms with E-state index in [0.717, 1.165) is 5.92 Å². The van der Waals surface area contributed by atoms with Crippen LogP contribution >= 0.6 is 0 Å². The maximum Gasteiger partial charge on any atom is -0.0351 e. The highest BCUT2D eigenvalue weighted by atomic mass is 14.0. The van der Waals surface area contributed by atoms with Crippen LogP contribution in [0, 0.1) is 5.92 Å². The van der Waals surface area contributed by atoms with E-state index in [4.69, 9.17) is 0 Å². The van der Waals surface area contributed by atoms with Crippen molar-refractivity contribution in [1.29, 1.82) is 0 Å². The molecule has 0 radical (unpaired) electrons. The monoisotopic (exact) mass is 308 g/mol. The van der Waals surface area contributed by atoms with Crippen molar-refractivity contribution < 1.29 is 0 Å². The van der Waals surface area contributed by atoms with Crippen molar-refractivity contribution in [3.8, 4) is 0 Å². The molecule has 0 aliphatic rings. The molecule has 0 aliphatic heterocycles. The number of unbranched alkanes of at least 4 members (excludes halogenated alkanes) is 13. The minimum absolute atomic E-state index is 0.885. The predicted octanol–water partition coefficient (Wildman–Crippen LogP) is 8.46. The molecule has 22 heavy (non-hydrogen) atoms. The zero-order valence-corrected chi connectivity index (χ0v) is 16.0. The zero-order valence-electron chi connectivity index (χ0n) is 16.0. The van der Waals surface area contributed by atoms with Crippen LogP contribution in [0.1, 0.15) is 124 Å². The molecule has 0 heteroatoms. The fourth-order valence-corrected chi connectivity index (χ4v) is 2.98. The number of allylic oxidation sites excluding steroid dienone is 2. The molecule has 0 atom stereocenters. The average Bonchev–Trinajstić information content (AvgIpc) is 2.50. The third kappa shape index (κ3) is 19.7. The van der Waals surface area contributed by atoms with Crippen LogP contribution in [-0.2, 0) is 0 Å². The van der Waals surface area contributed by atoms with Gasteiger partial charge in [-0.3, -0.25) is 0 Å². The first-order valence-corrected chi connectivity index (χ1v) is 10.4. The van der Waals surface area contributed by atoms with Gasteiger partial charge in [0.1, 0.15) is 0 Å². The highest BCUT2D eigenvalue weighted by Gasteiger charge is 1.94. The lowest BCUT2D eigenvalue weighted by Gasteiger charge is -2.03. The van der Waals surface area contributed by atoms with Gasteiger partial charge in [0, 0.05) is 0 Å². The summed E-state index contributed by atoms with van der Waals surface area (Å²) in [5.41, 5.74) is 0. The summed E-state index contributed by atoms with van der Waals surface area (Å²) in [6, 6.07) is 0. The van der Waals surface area contributed by atoms with Crippen LogP contribution in [0.2, 0.25) is 0 Å². The van der Waals surface area contributed by atoms with Crippen molar-refractivity contribution in [3.05, 3.63) is 12.2 Å². The van der Waals surface area contributed by atoms with E-state index in [1.807, 2.05) is 0 Å². The molecule has 0 saturated carbocycles. The van der Waals surface area contributed by atoms with Crippen molar-refractivity contribution in [3.63, 3.8) is 0 Å². The van der Waals surface area contributed by atoms with E-state index in [1.54, 1.807) is 0 Å². The topological polar surface area (TPSA) is 0 Å². The van der Waals surface area contributed by atoms with Gasteiger partial charge in [0.2, 0.25) is 0 Å². The van der Waals surface area contributed by atoms with Gasteiger partial charge in [-0.1, -0.05) is 110 Å². The van der Waals surface area contributed by atoms with Crippen molar-refractivity contribution in [1.82, 2.24) is 0 Å². The molecule has 0 aromatic carbocycles. The maximum atomic E-state index is 2.43. The normalized spacial score (nSPS) is 11.8. The SMILES string of the molecule is CCCCCCCCCCCC=CCCCCCCC(C)C. The van der Waals surface area contributed by atoms with E-state index < -0.39 is 0 Å². The Morgan fingerprint density at radius 2 is 0.955 bits per heavy atom. The maximum absolute atomic E-state index is 2.43. The summed E-state index contributed by atoms with van der Waals surface area (Å²) in [6.45, 7) is 6.95. The van der Waals surface area contributed by atoms with E-state index >= 15 is 0 Å². The van der Waals surface area contributed by atoms with Gasteiger partial charge in [-0.25, -0.2) is 0 Å². The summed E-state index contributed by atoms with van der Waals surface area (Å²) in [4.78, 5) is 0. The summed E-state index contributed by atoms with van der Waals surface area (Å²) in [6.07, 6.45) is 27.5. The first kappa shape index (κ1) is 21.7.